The van der Waals surface area contributed by atoms with Crippen molar-refractivity contribution in [1.82, 2.24) is 14.9 Å². The average Bonchev–Trinajstić information content (AvgIpc) is 3.49. The lowest BCUT2D eigenvalue weighted by molar-refractivity contribution is -0.151. The molecule has 31 heavy (non-hydrogen) atoms. The van der Waals surface area contributed by atoms with E-state index in [1.807, 2.05) is 17.0 Å². The molecule has 7 rings (SSSR count). The molecule has 1 aliphatic carbocycles. The van der Waals surface area contributed by atoms with Gasteiger partial charge in [0.25, 0.3) is 0 Å². The Morgan fingerprint density at radius 2 is 2.29 bits per heavy atom. The van der Waals surface area contributed by atoms with E-state index in [-0.39, 0.29) is 24.1 Å². The van der Waals surface area contributed by atoms with Crippen LogP contribution in [0.2, 0.25) is 0 Å². The van der Waals surface area contributed by atoms with Crippen LogP contribution in [0.3, 0.4) is 0 Å². The predicted octanol–water partition coefficient (Wildman–Crippen LogP) is 3.08. The number of carbonyl (C=O) groups is 1. The zero-order valence-corrected chi connectivity index (χ0v) is 17.6. The summed E-state index contributed by atoms with van der Waals surface area (Å²) in [6.45, 7) is 0.687. The van der Waals surface area contributed by atoms with Crippen LogP contribution < -0.4 is 11.1 Å². The second-order valence-corrected chi connectivity index (χ2v) is 9.47. The number of rotatable bonds is 4. The Balaban J connectivity index is 1.30. The maximum absolute atomic E-state index is 13.0. The largest absolute Gasteiger partial charge is 0.398 e. The molecular weight excluding hydrogens is 412 g/mol. The molecule has 8 nitrogen and oxygen atoms in total. The molecule has 5 heterocycles. The fraction of sp³-hybridized carbons (Fsp3) is 0.364. The summed E-state index contributed by atoms with van der Waals surface area (Å²) in [6.07, 6.45) is 6.24. The highest BCUT2D eigenvalue weighted by molar-refractivity contribution is 7.19. The molecule has 3 aromatic rings. The molecule has 1 amide bonds. The van der Waals surface area contributed by atoms with Gasteiger partial charge in [-0.05, 0) is 43.0 Å². The standard InChI is InChI=1S/C22H22N6O2S/c23-8-12-5-13(2-4-16(12)24)27-20-19-15-3-1-11(6-17(15)31-21(19)26-10-25-20)22(29)28-14-7-18(28)30-9-14/h2,4-5,8,10-11,14,18,23H,1,3,6-7,9,24H2,(H,25,26,27)/t11-,14?,18?/m0/s1. The van der Waals surface area contributed by atoms with Gasteiger partial charge in [0.2, 0.25) is 5.91 Å². The summed E-state index contributed by atoms with van der Waals surface area (Å²) >= 11 is 1.66. The Bertz CT molecular complexity index is 1210. The van der Waals surface area contributed by atoms with Gasteiger partial charge in [0.05, 0.1) is 18.0 Å². The number of amides is 1. The number of aromatic nitrogens is 2. The molecule has 4 N–H and O–H groups in total. The lowest BCUT2D eigenvalue weighted by atomic mass is 9.85. The molecule has 158 valence electrons. The number of hydrogen-bond donors (Lipinski definition) is 3. The number of hydrogen-bond acceptors (Lipinski definition) is 8. The number of nitrogen functional groups attached to an aromatic ring is 1. The molecule has 9 heteroatoms. The van der Waals surface area contributed by atoms with Crippen LogP contribution in [0.5, 0.6) is 0 Å². The van der Waals surface area contributed by atoms with E-state index in [4.69, 9.17) is 15.9 Å². The van der Waals surface area contributed by atoms with Crippen LogP contribution in [-0.2, 0) is 22.4 Å². The van der Waals surface area contributed by atoms with Gasteiger partial charge >= 0.3 is 0 Å². The third-order valence-corrected chi connectivity index (χ3v) is 7.77. The lowest BCUT2D eigenvalue weighted by Gasteiger charge is -2.40. The van der Waals surface area contributed by atoms with Gasteiger partial charge in [0.15, 0.2) is 0 Å². The van der Waals surface area contributed by atoms with Gasteiger partial charge in [-0.3, -0.25) is 4.79 Å². The zero-order valence-electron chi connectivity index (χ0n) is 16.8. The molecule has 2 aromatic heterocycles. The van der Waals surface area contributed by atoms with Gasteiger partial charge in [-0.2, -0.15) is 0 Å². The van der Waals surface area contributed by atoms with Crippen molar-refractivity contribution in [1.29, 1.82) is 5.41 Å². The number of nitrogens with two attached hydrogens (primary N) is 1. The highest BCUT2D eigenvalue weighted by Crippen LogP contribution is 2.43. The molecule has 0 radical (unpaired) electrons. The number of ether oxygens (including phenoxy) is 1. The molecule has 2 unspecified atom stereocenters. The highest BCUT2D eigenvalue weighted by Gasteiger charge is 2.50. The Hall–Kier alpha value is -3.04. The van der Waals surface area contributed by atoms with Gasteiger partial charge in [0, 0.05) is 40.4 Å². The van der Waals surface area contributed by atoms with Crippen LogP contribution in [0, 0.1) is 11.3 Å². The lowest BCUT2D eigenvalue weighted by Crippen LogP contribution is -2.55. The molecule has 0 saturated carbocycles. The van der Waals surface area contributed by atoms with Crippen LogP contribution in [0.1, 0.15) is 28.8 Å². The predicted molar refractivity (Wildman–Crippen MR) is 120 cm³/mol. The van der Waals surface area contributed by atoms with Crippen LogP contribution in [0.25, 0.3) is 10.2 Å². The van der Waals surface area contributed by atoms with Crippen molar-refractivity contribution in [3.8, 4) is 0 Å². The maximum atomic E-state index is 13.0. The van der Waals surface area contributed by atoms with E-state index in [0.717, 1.165) is 47.4 Å². The Morgan fingerprint density at radius 1 is 1.39 bits per heavy atom. The topological polar surface area (TPSA) is 117 Å². The third kappa shape index (κ3) is 2.91. The number of benzene rings is 1. The van der Waals surface area contributed by atoms with Crippen molar-refractivity contribution in [3.05, 3.63) is 40.5 Å². The summed E-state index contributed by atoms with van der Waals surface area (Å²) in [6, 6.07) is 5.79. The maximum Gasteiger partial charge on any atom is 0.228 e. The molecular formula is C22H22N6O2S. The van der Waals surface area contributed by atoms with Gasteiger partial charge in [-0.25, -0.2) is 9.97 Å². The van der Waals surface area contributed by atoms with E-state index in [2.05, 4.69) is 15.3 Å². The molecule has 1 aromatic carbocycles. The normalized spacial score (nSPS) is 24.0. The molecule has 3 saturated heterocycles. The second-order valence-electron chi connectivity index (χ2n) is 8.38. The van der Waals surface area contributed by atoms with E-state index in [9.17, 15) is 4.79 Å². The SMILES string of the molecule is N=Cc1cc(Nc2ncnc3sc4c(c23)CC[C@H](C(=O)N2C3COC2C3)C4)ccc1N. The van der Waals surface area contributed by atoms with E-state index in [1.165, 1.54) is 16.7 Å². The molecule has 3 fully saturated rings. The second kappa shape index (κ2) is 7.00. The first-order valence-electron chi connectivity index (χ1n) is 10.5. The molecule has 4 aliphatic rings. The number of thiophene rings is 1. The molecule has 2 bridgehead atoms. The van der Waals surface area contributed by atoms with Crippen molar-refractivity contribution >= 4 is 50.9 Å². The fourth-order valence-corrected chi connectivity index (χ4v) is 6.21. The van der Waals surface area contributed by atoms with E-state index in [0.29, 0.717) is 17.9 Å². The number of aryl methyl sites for hydroxylation is 1. The van der Waals surface area contributed by atoms with Crippen LogP contribution >= 0.6 is 11.3 Å². The van der Waals surface area contributed by atoms with Crippen molar-refractivity contribution < 1.29 is 9.53 Å². The monoisotopic (exact) mass is 434 g/mol. The van der Waals surface area contributed by atoms with Crippen molar-refractivity contribution in [2.24, 2.45) is 5.92 Å². The van der Waals surface area contributed by atoms with E-state index >= 15 is 0 Å². The smallest absolute Gasteiger partial charge is 0.228 e. The van der Waals surface area contributed by atoms with Crippen molar-refractivity contribution in [2.75, 3.05) is 17.7 Å². The summed E-state index contributed by atoms with van der Waals surface area (Å²) < 4.78 is 5.62. The zero-order chi connectivity index (χ0) is 21.1. The Labute approximate surface area is 182 Å². The molecule has 3 atom stereocenters. The number of nitrogens with zero attached hydrogens (tertiary/aromatic N) is 3. The first-order valence-corrected chi connectivity index (χ1v) is 11.3. The molecule has 3 aliphatic heterocycles. The highest BCUT2D eigenvalue weighted by atomic mass is 32.1. The summed E-state index contributed by atoms with van der Waals surface area (Å²) in [5, 5.41) is 11.9. The fourth-order valence-electron chi connectivity index (χ4n) is 4.94. The summed E-state index contributed by atoms with van der Waals surface area (Å²) in [5.74, 6) is 1.01. The third-order valence-electron chi connectivity index (χ3n) is 6.61. The van der Waals surface area contributed by atoms with Crippen LogP contribution in [0.4, 0.5) is 17.2 Å². The van der Waals surface area contributed by atoms with Crippen LogP contribution in [0.15, 0.2) is 24.5 Å². The minimum atomic E-state index is 0.00809. The minimum absolute atomic E-state index is 0.00809. The van der Waals surface area contributed by atoms with Gasteiger partial charge < -0.3 is 26.1 Å². The number of carbonyl (C=O) groups excluding carboxylic acids is 1. The minimum Gasteiger partial charge on any atom is -0.398 e. The first kappa shape index (κ1) is 18.7. The van der Waals surface area contributed by atoms with Gasteiger partial charge in [-0.1, -0.05) is 0 Å². The first-order chi connectivity index (χ1) is 15.1. The van der Waals surface area contributed by atoms with Gasteiger partial charge in [0.1, 0.15) is 23.2 Å². The summed E-state index contributed by atoms with van der Waals surface area (Å²) in [5.41, 5.74) is 9.21. The van der Waals surface area contributed by atoms with E-state index < -0.39 is 0 Å². The van der Waals surface area contributed by atoms with Crippen LogP contribution in [-0.4, -0.2) is 45.9 Å². The Morgan fingerprint density at radius 3 is 3.06 bits per heavy atom. The average molecular weight is 435 g/mol. The quantitative estimate of drug-likeness (QED) is 0.429. The van der Waals surface area contributed by atoms with Gasteiger partial charge in [-0.15, -0.1) is 11.3 Å². The van der Waals surface area contributed by atoms with Crippen molar-refractivity contribution in [3.63, 3.8) is 0 Å². The summed E-state index contributed by atoms with van der Waals surface area (Å²) in [4.78, 5) is 26.2. The summed E-state index contributed by atoms with van der Waals surface area (Å²) in [7, 11) is 0. The van der Waals surface area contributed by atoms with E-state index in [1.54, 1.807) is 23.7 Å². The number of anilines is 3. The number of nitrogens with one attached hydrogen (secondary N) is 2. The Kier molecular flexibility index (Phi) is 4.22. The van der Waals surface area contributed by atoms with Crippen molar-refractivity contribution in [2.45, 2.75) is 38.0 Å². The molecule has 0 spiro atoms. The number of fused-ring (bicyclic) bond motifs is 4.